The lowest BCUT2D eigenvalue weighted by molar-refractivity contribution is -0.116. The Hall–Kier alpha value is -0.920. The van der Waals surface area contributed by atoms with E-state index >= 15 is 0 Å². The molecular weight excluding hydrogens is 186 g/mol. The smallest absolute Gasteiger partial charge is 0.350 e. The summed E-state index contributed by atoms with van der Waals surface area (Å²) in [6, 6.07) is 0. The van der Waals surface area contributed by atoms with Gasteiger partial charge in [-0.05, 0) is 6.08 Å². The van der Waals surface area contributed by atoms with Crippen molar-refractivity contribution in [1.29, 1.82) is 0 Å². The summed E-state index contributed by atoms with van der Waals surface area (Å²) in [6.45, 7) is 2.85. The maximum atomic E-state index is 10.4. The van der Waals surface area contributed by atoms with Gasteiger partial charge < -0.3 is 5.32 Å². The molecule has 7 heteroatoms. The molecular formula is C5H9NO5S. The number of hydrogen-bond acceptors (Lipinski definition) is 4. The lowest BCUT2D eigenvalue weighted by atomic mass is 10.5. The molecule has 12 heavy (non-hydrogen) atoms. The van der Waals surface area contributed by atoms with E-state index in [1.54, 1.807) is 0 Å². The third-order valence-corrected chi connectivity index (χ3v) is 1.28. The van der Waals surface area contributed by atoms with Crippen molar-refractivity contribution >= 4 is 16.3 Å². The Bertz CT molecular complexity index is 257. The Kier molecular flexibility index (Phi) is 4.49. The molecule has 0 spiro atoms. The number of nitrogens with one attached hydrogen (secondary N) is 1. The third kappa shape index (κ3) is 7.19. The van der Waals surface area contributed by atoms with Crippen molar-refractivity contribution in [2.24, 2.45) is 0 Å². The lowest BCUT2D eigenvalue weighted by Crippen LogP contribution is -2.26. The minimum atomic E-state index is -4.41. The van der Waals surface area contributed by atoms with Gasteiger partial charge in [-0.3, -0.25) is 9.35 Å². The van der Waals surface area contributed by atoms with Crippen LogP contribution in [-0.4, -0.2) is 32.0 Å². The van der Waals surface area contributed by atoms with Crippen molar-refractivity contribution in [2.45, 2.75) is 0 Å². The molecule has 0 bridgehead atoms. The van der Waals surface area contributed by atoms with Crippen molar-refractivity contribution in [3.8, 4) is 0 Å². The predicted octanol–water partition coefficient (Wildman–Crippen LogP) is -0.892. The molecule has 0 aliphatic rings. The first-order valence-corrected chi connectivity index (χ1v) is 4.34. The molecule has 2 N–H and O–H groups in total. The molecule has 0 aromatic rings. The minimum absolute atomic E-state index is 0.00928. The van der Waals surface area contributed by atoms with Crippen LogP contribution in [0.2, 0.25) is 0 Å². The Labute approximate surface area is 70.2 Å². The second-order valence-electron chi connectivity index (χ2n) is 1.74. The highest BCUT2D eigenvalue weighted by Gasteiger charge is 2.02. The Morgan fingerprint density at radius 1 is 1.67 bits per heavy atom. The van der Waals surface area contributed by atoms with Gasteiger partial charge in [0.15, 0.2) is 0 Å². The fourth-order valence-electron chi connectivity index (χ4n) is 0.393. The van der Waals surface area contributed by atoms with Gasteiger partial charge in [-0.2, -0.15) is 8.42 Å². The zero-order valence-corrected chi connectivity index (χ0v) is 7.00. The Balaban J connectivity index is 3.47. The van der Waals surface area contributed by atoms with Crippen molar-refractivity contribution in [3.63, 3.8) is 0 Å². The molecule has 0 aliphatic carbocycles. The highest BCUT2D eigenvalue weighted by Crippen LogP contribution is 1.83. The summed E-state index contributed by atoms with van der Waals surface area (Å²) in [5, 5.41) is 2.25. The van der Waals surface area contributed by atoms with Gasteiger partial charge in [-0.25, -0.2) is 4.18 Å². The van der Waals surface area contributed by atoms with Crippen molar-refractivity contribution in [2.75, 3.05) is 13.2 Å². The molecule has 0 saturated carbocycles. The molecule has 0 saturated heterocycles. The molecule has 6 nitrogen and oxygen atoms in total. The summed E-state index contributed by atoms with van der Waals surface area (Å²) < 4.78 is 31.9. The zero-order valence-electron chi connectivity index (χ0n) is 6.19. The lowest BCUT2D eigenvalue weighted by Gasteiger charge is -2.00. The first kappa shape index (κ1) is 11.1. The largest absolute Gasteiger partial charge is 0.397 e. The highest BCUT2D eigenvalue weighted by atomic mass is 32.3. The summed E-state index contributed by atoms with van der Waals surface area (Å²) in [7, 11) is -4.41. The normalized spacial score (nSPS) is 10.8. The summed E-state index contributed by atoms with van der Waals surface area (Å²) in [6.07, 6.45) is 1.04. The molecule has 0 heterocycles. The maximum absolute atomic E-state index is 10.4. The van der Waals surface area contributed by atoms with E-state index in [2.05, 4.69) is 16.1 Å². The summed E-state index contributed by atoms with van der Waals surface area (Å²) in [5.41, 5.74) is 0. The van der Waals surface area contributed by atoms with Gasteiger partial charge in [0.2, 0.25) is 5.91 Å². The van der Waals surface area contributed by atoms with Crippen LogP contribution >= 0.6 is 0 Å². The molecule has 0 rings (SSSR count). The van der Waals surface area contributed by atoms with Crippen molar-refractivity contribution in [1.82, 2.24) is 5.32 Å². The first-order valence-electron chi connectivity index (χ1n) is 2.98. The van der Waals surface area contributed by atoms with Crippen LogP contribution in [0.1, 0.15) is 0 Å². The van der Waals surface area contributed by atoms with Gasteiger partial charge in [-0.1, -0.05) is 6.58 Å². The molecule has 70 valence electrons. The van der Waals surface area contributed by atoms with Crippen LogP contribution in [0.15, 0.2) is 12.7 Å². The van der Waals surface area contributed by atoms with E-state index in [0.717, 1.165) is 6.08 Å². The second kappa shape index (κ2) is 4.86. The van der Waals surface area contributed by atoms with E-state index < -0.39 is 16.3 Å². The molecule has 0 unspecified atom stereocenters. The number of rotatable bonds is 5. The van der Waals surface area contributed by atoms with Gasteiger partial charge in [-0.15, -0.1) is 0 Å². The highest BCUT2D eigenvalue weighted by molar-refractivity contribution is 7.80. The second-order valence-corrected chi connectivity index (χ2v) is 2.84. The molecule has 0 radical (unpaired) electrons. The predicted molar refractivity (Wildman–Crippen MR) is 40.7 cm³/mol. The Morgan fingerprint density at radius 3 is 2.67 bits per heavy atom. The molecule has 0 aliphatic heterocycles. The number of carbonyl (C=O) groups excluding carboxylic acids is 1. The molecule has 0 fully saturated rings. The molecule has 0 atom stereocenters. The van der Waals surface area contributed by atoms with Crippen LogP contribution in [0.25, 0.3) is 0 Å². The van der Waals surface area contributed by atoms with Crippen LogP contribution in [0.4, 0.5) is 0 Å². The van der Waals surface area contributed by atoms with Crippen LogP contribution < -0.4 is 5.32 Å². The molecule has 1 amide bonds. The standard InChI is InChI=1S/C5H9NO5S/c1-2-5(7)6-3-4-11-12(8,9)10/h2H,1,3-4H2,(H,6,7)(H,8,9,10). The summed E-state index contributed by atoms with van der Waals surface area (Å²) in [5.74, 6) is -0.436. The fraction of sp³-hybridized carbons (Fsp3) is 0.400. The number of amides is 1. The van der Waals surface area contributed by atoms with E-state index in [0.29, 0.717) is 0 Å². The molecule has 0 aromatic carbocycles. The van der Waals surface area contributed by atoms with Crippen LogP contribution in [0.5, 0.6) is 0 Å². The van der Waals surface area contributed by atoms with Gasteiger partial charge in [0.1, 0.15) is 0 Å². The zero-order chi connectivity index (χ0) is 9.61. The summed E-state index contributed by atoms with van der Waals surface area (Å²) in [4.78, 5) is 10.4. The summed E-state index contributed by atoms with van der Waals surface area (Å²) >= 11 is 0. The molecule has 0 aromatic heterocycles. The van der Waals surface area contributed by atoms with E-state index in [9.17, 15) is 13.2 Å². The minimum Gasteiger partial charge on any atom is -0.350 e. The quantitative estimate of drug-likeness (QED) is 0.337. The average molecular weight is 195 g/mol. The first-order chi connectivity index (χ1) is 5.45. The SMILES string of the molecule is C=CC(=O)NCCOS(=O)(=O)O. The Morgan fingerprint density at radius 2 is 2.25 bits per heavy atom. The maximum Gasteiger partial charge on any atom is 0.397 e. The average Bonchev–Trinajstić information content (AvgIpc) is 1.96. The third-order valence-electron chi connectivity index (χ3n) is 0.819. The monoisotopic (exact) mass is 195 g/mol. The van der Waals surface area contributed by atoms with Crippen LogP contribution in [0.3, 0.4) is 0 Å². The van der Waals surface area contributed by atoms with Crippen molar-refractivity contribution < 1.29 is 21.9 Å². The van der Waals surface area contributed by atoms with Gasteiger partial charge >= 0.3 is 10.4 Å². The van der Waals surface area contributed by atoms with E-state index in [4.69, 9.17) is 4.55 Å². The van der Waals surface area contributed by atoms with E-state index in [1.807, 2.05) is 0 Å². The topological polar surface area (TPSA) is 92.7 Å². The van der Waals surface area contributed by atoms with Crippen molar-refractivity contribution in [3.05, 3.63) is 12.7 Å². The number of carbonyl (C=O) groups is 1. The van der Waals surface area contributed by atoms with E-state index in [1.165, 1.54) is 0 Å². The van der Waals surface area contributed by atoms with Crippen LogP contribution in [-0.2, 0) is 19.4 Å². The van der Waals surface area contributed by atoms with Gasteiger partial charge in [0, 0.05) is 6.54 Å². The van der Waals surface area contributed by atoms with Crippen LogP contribution in [0, 0.1) is 0 Å². The fourth-order valence-corrected chi connectivity index (χ4v) is 0.687. The number of hydrogen-bond donors (Lipinski definition) is 2. The van der Waals surface area contributed by atoms with Gasteiger partial charge in [0.25, 0.3) is 0 Å². The van der Waals surface area contributed by atoms with Gasteiger partial charge in [0.05, 0.1) is 6.61 Å². The van der Waals surface area contributed by atoms with E-state index in [-0.39, 0.29) is 13.2 Å².